The van der Waals surface area contributed by atoms with Gasteiger partial charge in [-0.15, -0.1) is 0 Å². The molecule has 2 aliphatic rings. The molecule has 1 aromatic heterocycles. The van der Waals surface area contributed by atoms with E-state index in [2.05, 4.69) is 233 Å². The third-order valence-electron chi connectivity index (χ3n) is 14.9. The monoisotopic (exact) mass is 845 g/mol. The van der Waals surface area contributed by atoms with Crippen molar-refractivity contribution >= 4 is 49.8 Å². The summed E-state index contributed by atoms with van der Waals surface area (Å²) in [7, 11) is 0. The van der Waals surface area contributed by atoms with Crippen LogP contribution >= 0.6 is 0 Å². The van der Waals surface area contributed by atoms with Gasteiger partial charge >= 0.3 is 0 Å². The molecule has 0 N–H and O–H groups in total. The van der Waals surface area contributed by atoms with Gasteiger partial charge in [-0.05, 0) is 161 Å². The Kier molecular flexibility index (Phi) is 8.33. The van der Waals surface area contributed by atoms with E-state index in [0.29, 0.717) is 0 Å². The van der Waals surface area contributed by atoms with Crippen molar-refractivity contribution in [3.63, 3.8) is 0 Å². The van der Waals surface area contributed by atoms with Crippen molar-refractivity contribution < 1.29 is 4.42 Å². The number of hydrogen-bond acceptors (Lipinski definition) is 2. The van der Waals surface area contributed by atoms with Crippen LogP contribution in [0.2, 0.25) is 0 Å². The van der Waals surface area contributed by atoms with Crippen LogP contribution in [0.3, 0.4) is 0 Å². The maximum absolute atomic E-state index is 6.19. The van der Waals surface area contributed by atoms with Crippen molar-refractivity contribution in [2.75, 3.05) is 4.90 Å². The molecule has 2 heteroatoms. The standard InChI is InChI=1S/C64H47NO/c1-63(2)57-36-46(40-12-6-5-7-13-40)22-29-51(57)53-31-27-49(38-59(53)63)65(48-25-20-42(21-26-48)45-24-33-62-56(35-45)55-16-10-11-17-61(55)66-62)50-28-32-54-52-30-23-47(37-58(52)64(3,4)60(54)39-50)44-19-18-41-14-8-9-15-43(41)34-44/h5-39H,1-4H3. The fourth-order valence-corrected chi connectivity index (χ4v) is 11.2. The summed E-state index contributed by atoms with van der Waals surface area (Å²) >= 11 is 0. The highest BCUT2D eigenvalue weighted by atomic mass is 16.3. The minimum atomic E-state index is -0.211. The van der Waals surface area contributed by atoms with Gasteiger partial charge < -0.3 is 9.32 Å². The van der Waals surface area contributed by atoms with E-state index in [1.165, 1.54) is 88.7 Å². The summed E-state index contributed by atoms with van der Waals surface area (Å²) in [5, 5.41) is 4.80. The third kappa shape index (κ3) is 5.88. The Balaban J connectivity index is 0.919. The lowest BCUT2D eigenvalue weighted by Crippen LogP contribution is -2.18. The van der Waals surface area contributed by atoms with Gasteiger partial charge in [-0.25, -0.2) is 0 Å². The first-order valence-electron chi connectivity index (χ1n) is 23.1. The minimum absolute atomic E-state index is 0.193. The molecule has 2 aliphatic carbocycles. The second-order valence-electron chi connectivity index (χ2n) is 19.3. The molecule has 13 rings (SSSR count). The Hall–Kier alpha value is -7.94. The highest BCUT2D eigenvalue weighted by molar-refractivity contribution is 6.06. The zero-order valence-corrected chi connectivity index (χ0v) is 37.6. The summed E-state index contributed by atoms with van der Waals surface area (Å²) in [4.78, 5) is 2.46. The quantitative estimate of drug-likeness (QED) is 0.166. The molecule has 0 saturated carbocycles. The van der Waals surface area contributed by atoms with E-state index in [-0.39, 0.29) is 10.8 Å². The van der Waals surface area contributed by atoms with E-state index in [9.17, 15) is 0 Å². The van der Waals surface area contributed by atoms with Gasteiger partial charge in [-0.1, -0.05) is 167 Å². The molecule has 0 amide bonds. The minimum Gasteiger partial charge on any atom is -0.456 e. The lowest BCUT2D eigenvalue weighted by atomic mass is 9.81. The molecular formula is C64H47NO. The molecule has 11 aromatic rings. The molecule has 2 nitrogen and oxygen atoms in total. The number of anilines is 3. The lowest BCUT2D eigenvalue weighted by Gasteiger charge is -2.30. The third-order valence-corrected chi connectivity index (χ3v) is 14.9. The first kappa shape index (κ1) is 38.5. The number of fused-ring (bicyclic) bond motifs is 10. The average Bonchev–Trinajstić information content (AvgIpc) is 3.92. The lowest BCUT2D eigenvalue weighted by molar-refractivity contribution is 0.660. The Morgan fingerprint density at radius 1 is 0.303 bits per heavy atom. The van der Waals surface area contributed by atoms with E-state index in [0.717, 1.165) is 39.0 Å². The van der Waals surface area contributed by atoms with Crippen LogP contribution in [0.5, 0.6) is 0 Å². The van der Waals surface area contributed by atoms with Crippen LogP contribution in [-0.4, -0.2) is 0 Å². The second kappa shape index (κ2) is 14.3. The predicted octanol–water partition coefficient (Wildman–Crippen LogP) is 17.8. The van der Waals surface area contributed by atoms with Crippen molar-refractivity contribution in [2.45, 2.75) is 38.5 Å². The molecule has 10 aromatic carbocycles. The molecule has 0 bridgehead atoms. The van der Waals surface area contributed by atoms with Gasteiger partial charge in [0.1, 0.15) is 11.2 Å². The Morgan fingerprint density at radius 2 is 0.742 bits per heavy atom. The Labute approximate surface area is 386 Å². The van der Waals surface area contributed by atoms with Crippen LogP contribution in [-0.2, 0) is 10.8 Å². The zero-order valence-electron chi connectivity index (χ0n) is 37.6. The maximum Gasteiger partial charge on any atom is 0.135 e. The fourth-order valence-electron chi connectivity index (χ4n) is 11.2. The summed E-state index contributed by atoms with van der Waals surface area (Å²) in [6.07, 6.45) is 0. The largest absolute Gasteiger partial charge is 0.456 e. The molecule has 0 fully saturated rings. The molecule has 0 atom stereocenters. The highest BCUT2D eigenvalue weighted by Gasteiger charge is 2.38. The van der Waals surface area contributed by atoms with Crippen molar-refractivity contribution in [3.05, 3.63) is 235 Å². The number of furan rings is 1. The fraction of sp³-hybridized carbons (Fsp3) is 0.0938. The van der Waals surface area contributed by atoms with Crippen molar-refractivity contribution in [1.82, 2.24) is 0 Å². The van der Waals surface area contributed by atoms with Gasteiger partial charge in [-0.2, -0.15) is 0 Å². The second-order valence-corrected chi connectivity index (χ2v) is 19.3. The van der Waals surface area contributed by atoms with Crippen LogP contribution in [0, 0.1) is 0 Å². The number of nitrogens with zero attached hydrogens (tertiary/aromatic N) is 1. The molecule has 314 valence electrons. The highest BCUT2D eigenvalue weighted by Crippen LogP contribution is 2.54. The van der Waals surface area contributed by atoms with Gasteiger partial charge in [0, 0.05) is 38.7 Å². The van der Waals surface area contributed by atoms with Crippen LogP contribution in [0.15, 0.2) is 217 Å². The van der Waals surface area contributed by atoms with Gasteiger partial charge in [0.05, 0.1) is 0 Å². The Bertz CT molecular complexity index is 3760. The first-order chi connectivity index (χ1) is 32.2. The van der Waals surface area contributed by atoms with E-state index in [1.54, 1.807) is 0 Å². The van der Waals surface area contributed by atoms with Gasteiger partial charge in [-0.3, -0.25) is 0 Å². The number of para-hydroxylation sites is 1. The first-order valence-corrected chi connectivity index (χ1v) is 23.1. The number of hydrogen-bond donors (Lipinski definition) is 0. The van der Waals surface area contributed by atoms with Crippen LogP contribution in [0.1, 0.15) is 49.9 Å². The average molecular weight is 846 g/mol. The van der Waals surface area contributed by atoms with Crippen molar-refractivity contribution in [2.24, 2.45) is 0 Å². The summed E-state index contributed by atoms with van der Waals surface area (Å²) in [6.45, 7) is 9.56. The van der Waals surface area contributed by atoms with Crippen LogP contribution in [0.4, 0.5) is 17.1 Å². The molecule has 66 heavy (non-hydrogen) atoms. The van der Waals surface area contributed by atoms with E-state index >= 15 is 0 Å². The van der Waals surface area contributed by atoms with Crippen LogP contribution in [0.25, 0.3) is 88.3 Å². The van der Waals surface area contributed by atoms with Crippen molar-refractivity contribution in [3.8, 4) is 55.6 Å². The van der Waals surface area contributed by atoms with Gasteiger partial charge in [0.15, 0.2) is 0 Å². The van der Waals surface area contributed by atoms with E-state index in [1.807, 2.05) is 12.1 Å². The zero-order chi connectivity index (χ0) is 44.3. The molecule has 1 heterocycles. The SMILES string of the molecule is CC1(C)c2cc(-c3ccccc3)ccc2-c2ccc(N(c3ccc(-c4ccc5oc6ccccc6c5c4)cc3)c3ccc4c(c3)C(C)(C)c3cc(-c5ccc6ccccc6c5)ccc3-4)cc21. The molecule has 0 saturated heterocycles. The van der Waals surface area contributed by atoms with E-state index in [4.69, 9.17) is 4.42 Å². The maximum atomic E-state index is 6.19. The van der Waals surface area contributed by atoms with E-state index < -0.39 is 0 Å². The Morgan fingerprint density at radius 3 is 1.41 bits per heavy atom. The molecular weight excluding hydrogens is 799 g/mol. The van der Waals surface area contributed by atoms with Crippen LogP contribution < -0.4 is 4.90 Å². The topological polar surface area (TPSA) is 16.4 Å². The summed E-state index contributed by atoms with van der Waals surface area (Å²) in [5.74, 6) is 0. The number of rotatable bonds is 6. The summed E-state index contributed by atoms with van der Waals surface area (Å²) in [6, 6.07) is 78.5. The molecule has 0 unspecified atom stereocenters. The molecule has 0 aliphatic heterocycles. The van der Waals surface area contributed by atoms with Gasteiger partial charge in [0.2, 0.25) is 0 Å². The molecule has 0 spiro atoms. The number of benzene rings is 10. The smallest absolute Gasteiger partial charge is 0.135 e. The summed E-state index contributed by atoms with van der Waals surface area (Å²) < 4.78 is 6.19. The van der Waals surface area contributed by atoms with Gasteiger partial charge in [0.25, 0.3) is 0 Å². The normalized spacial score (nSPS) is 14.0. The summed E-state index contributed by atoms with van der Waals surface area (Å²) in [5.41, 5.74) is 22.8. The molecule has 0 radical (unpaired) electrons. The van der Waals surface area contributed by atoms with Crippen molar-refractivity contribution in [1.29, 1.82) is 0 Å². The predicted molar refractivity (Wildman–Crippen MR) is 277 cm³/mol.